The van der Waals surface area contributed by atoms with E-state index in [4.69, 9.17) is 5.11 Å². The number of pyridine rings is 1. The molecule has 0 aliphatic carbocycles. The number of aromatic nitrogens is 3. The molecule has 0 aromatic carbocycles. The molecule has 0 spiro atoms. The monoisotopic (exact) mass is 426 g/mol. The van der Waals surface area contributed by atoms with Crippen molar-refractivity contribution >= 4 is 11.9 Å². The van der Waals surface area contributed by atoms with Gasteiger partial charge in [-0.1, -0.05) is 6.07 Å². The molecule has 0 amide bonds. The molecule has 2 atom stereocenters. The van der Waals surface area contributed by atoms with Gasteiger partial charge in [0, 0.05) is 74.9 Å². The molecule has 0 radical (unpaired) electrons. The Balaban J connectivity index is 1.45. The first-order valence-corrected chi connectivity index (χ1v) is 10.6. The molecule has 166 valence electrons. The lowest BCUT2D eigenvalue weighted by molar-refractivity contribution is -0.135. The first-order valence-electron chi connectivity index (χ1n) is 10.6. The fourth-order valence-electron chi connectivity index (χ4n) is 4.84. The van der Waals surface area contributed by atoms with Crippen LogP contribution in [-0.4, -0.2) is 76.2 Å². The maximum Gasteiger partial charge on any atom is 0.323 e. The summed E-state index contributed by atoms with van der Waals surface area (Å²) in [6.45, 7) is 3.91. The lowest BCUT2D eigenvalue weighted by Gasteiger charge is -2.43. The van der Waals surface area contributed by atoms with E-state index in [1.165, 1.54) is 4.90 Å². The fraction of sp³-hybridized carbons (Fsp3) is 0.545. The third-order valence-corrected chi connectivity index (χ3v) is 6.06. The molecule has 0 unspecified atom stereocenters. The van der Waals surface area contributed by atoms with E-state index < -0.39 is 5.97 Å². The number of hydrogen-bond donors (Lipinski definition) is 1. The zero-order valence-corrected chi connectivity index (χ0v) is 18.4. The Morgan fingerprint density at radius 3 is 2.58 bits per heavy atom. The number of hydrogen-bond acceptors (Lipinski definition) is 7. The highest BCUT2D eigenvalue weighted by Gasteiger charge is 2.35. The molecule has 1 fully saturated rings. The zero-order chi connectivity index (χ0) is 22.1. The average Bonchev–Trinajstić information content (AvgIpc) is 2.70. The van der Waals surface area contributed by atoms with Crippen molar-refractivity contribution in [3.8, 4) is 0 Å². The van der Waals surface area contributed by atoms with E-state index in [-0.39, 0.29) is 12.1 Å². The smallest absolute Gasteiger partial charge is 0.323 e. The summed E-state index contributed by atoms with van der Waals surface area (Å²) in [5, 5.41) is 8.91. The number of fused-ring (bicyclic) bond motifs is 4. The van der Waals surface area contributed by atoms with Gasteiger partial charge >= 0.3 is 5.97 Å². The summed E-state index contributed by atoms with van der Waals surface area (Å²) in [6, 6.07) is 4.13. The van der Waals surface area contributed by atoms with Gasteiger partial charge in [0.1, 0.15) is 6.54 Å². The molecule has 9 heteroatoms. The molecule has 1 N–H and O–H groups in total. The van der Waals surface area contributed by atoms with Gasteiger partial charge in [-0.15, -0.1) is 0 Å². The number of anilines is 1. The summed E-state index contributed by atoms with van der Waals surface area (Å²) >= 11 is 0. The molecule has 2 aromatic heterocycles. The Labute approximate surface area is 181 Å². The van der Waals surface area contributed by atoms with Gasteiger partial charge in [0.15, 0.2) is 0 Å². The van der Waals surface area contributed by atoms with Crippen molar-refractivity contribution in [2.75, 3.05) is 45.7 Å². The van der Waals surface area contributed by atoms with Gasteiger partial charge in [-0.2, -0.15) is 0 Å². The number of carboxylic acids is 1. The molecule has 9 nitrogen and oxygen atoms in total. The second-order valence-electron chi connectivity index (χ2n) is 9.07. The van der Waals surface area contributed by atoms with Crippen LogP contribution in [0.3, 0.4) is 0 Å². The van der Waals surface area contributed by atoms with Crippen LogP contribution in [0.25, 0.3) is 0 Å². The molecule has 2 aromatic rings. The molecule has 1 saturated heterocycles. The SMILES string of the molecule is CN(C)Cc1ccc2n(c1=O)C[C@H]1C[C@@H]2CN(Cc2cnc(N(C)CC(=O)O)nc2)C1. The van der Waals surface area contributed by atoms with Gasteiger partial charge in [-0.25, -0.2) is 9.97 Å². The van der Waals surface area contributed by atoms with Crippen molar-refractivity contribution in [1.29, 1.82) is 0 Å². The Bertz CT molecular complexity index is 1000. The summed E-state index contributed by atoms with van der Waals surface area (Å²) in [5.74, 6) is 0.308. The lowest BCUT2D eigenvalue weighted by Crippen LogP contribution is -2.47. The quantitative estimate of drug-likeness (QED) is 0.696. The Morgan fingerprint density at radius 2 is 1.90 bits per heavy atom. The van der Waals surface area contributed by atoms with Gasteiger partial charge in [0.25, 0.3) is 5.56 Å². The fourth-order valence-corrected chi connectivity index (χ4v) is 4.84. The number of carboxylic acid groups (broad SMARTS) is 1. The van der Waals surface area contributed by atoms with Crippen molar-refractivity contribution in [1.82, 2.24) is 24.3 Å². The molecular weight excluding hydrogens is 396 g/mol. The second-order valence-corrected chi connectivity index (χ2v) is 9.07. The van der Waals surface area contributed by atoms with Gasteiger partial charge < -0.3 is 19.5 Å². The highest BCUT2D eigenvalue weighted by molar-refractivity contribution is 5.72. The van der Waals surface area contributed by atoms with Gasteiger partial charge in [0.2, 0.25) is 5.95 Å². The van der Waals surface area contributed by atoms with E-state index in [1.54, 1.807) is 19.4 Å². The summed E-state index contributed by atoms with van der Waals surface area (Å²) < 4.78 is 2.01. The second kappa shape index (κ2) is 8.76. The minimum Gasteiger partial charge on any atom is -0.480 e. The van der Waals surface area contributed by atoms with Crippen LogP contribution in [0, 0.1) is 5.92 Å². The molecule has 4 rings (SSSR count). The third-order valence-electron chi connectivity index (χ3n) is 6.06. The van der Waals surface area contributed by atoms with Crippen LogP contribution in [0.1, 0.15) is 29.2 Å². The first kappa shape index (κ1) is 21.5. The van der Waals surface area contributed by atoms with Crippen LogP contribution in [0.5, 0.6) is 0 Å². The normalized spacial score (nSPS) is 20.5. The number of piperidine rings is 1. The Hall–Kier alpha value is -2.78. The van der Waals surface area contributed by atoms with Crippen molar-refractivity contribution in [2.45, 2.75) is 32.0 Å². The third kappa shape index (κ3) is 4.77. The van der Waals surface area contributed by atoms with Gasteiger partial charge in [-0.3, -0.25) is 14.5 Å². The van der Waals surface area contributed by atoms with Gasteiger partial charge in [-0.05, 0) is 32.5 Å². The standard InChI is InChI=1S/C22H30N6O3/c1-25(2)12-17-4-5-19-18-6-15(11-28(19)21(17)31)9-27(13-18)10-16-7-23-22(24-8-16)26(3)14-20(29)30/h4-5,7-8,15,18H,6,9-14H2,1-3H3,(H,29,30)/t15-,18+/m0/s1. The van der Waals surface area contributed by atoms with Crippen molar-refractivity contribution in [3.05, 3.63) is 51.7 Å². The summed E-state index contributed by atoms with van der Waals surface area (Å²) in [5.41, 5.74) is 3.17. The highest BCUT2D eigenvalue weighted by Crippen LogP contribution is 2.35. The maximum atomic E-state index is 13.0. The minimum atomic E-state index is -0.914. The van der Waals surface area contributed by atoms with E-state index >= 15 is 0 Å². The number of likely N-dealkylation sites (tertiary alicyclic amines) is 1. The molecule has 4 heterocycles. The van der Waals surface area contributed by atoms with E-state index in [9.17, 15) is 9.59 Å². The van der Waals surface area contributed by atoms with Crippen LogP contribution in [-0.2, 0) is 24.4 Å². The van der Waals surface area contributed by atoms with E-state index in [0.29, 0.717) is 24.3 Å². The number of aliphatic carboxylic acids is 1. The van der Waals surface area contributed by atoms with Crippen LogP contribution >= 0.6 is 0 Å². The average molecular weight is 427 g/mol. The Kier molecular flexibility index (Phi) is 6.06. The number of rotatable bonds is 7. The van der Waals surface area contributed by atoms with E-state index in [2.05, 4.69) is 20.9 Å². The van der Waals surface area contributed by atoms with Crippen LogP contribution in [0.4, 0.5) is 5.95 Å². The molecular formula is C22H30N6O3. The minimum absolute atomic E-state index is 0.135. The number of likely N-dealkylation sites (N-methyl/N-ethyl adjacent to an activating group) is 1. The van der Waals surface area contributed by atoms with Crippen LogP contribution < -0.4 is 10.5 Å². The molecule has 0 saturated carbocycles. The maximum absolute atomic E-state index is 13.0. The topological polar surface area (TPSA) is 94.8 Å². The summed E-state index contributed by atoms with van der Waals surface area (Å²) in [4.78, 5) is 38.4. The van der Waals surface area contributed by atoms with Crippen LogP contribution in [0.15, 0.2) is 29.3 Å². The molecule has 31 heavy (non-hydrogen) atoms. The van der Waals surface area contributed by atoms with E-state index in [0.717, 1.165) is 49.4 Å². The lowest BCUT2D eigenvalue weighted by atomic mass is 9.83. The highest BCUT2D eigenvalue weighted by atomic mass is 16.4. The number of nitrogens with zero attached hydrogens (tertiary/aromatic N) is 6. The van der Waals surface area contributed by atoms with Crippen LogP contribution in [0.2, 0.25) is 0 Å². The summed E-state index contributed by atoms with van der Waals surface area (Å²) in [6.07, 6.45) is 4.67. The molecule has 2 aliphatic heterocycles. The van der Waals surface area contributed by atoms with Crippen molar-refractivity contribution in [3.63, 3.8) is 0 Å². The molecule has 2 aliphatic rings. The largest absolute Gasteiger partial charge is 0.480 e. The van der Waals surface area contributed by atoms with Crippen molar-refractivity contribution < 1.29 is 9.90 Å². The van der Waals surface area contributed by atoms with E-state index in [1.807, 2.05) is 29.6 Å². The number of carbonyl (C=O) groups is 1. The first-order chi connectivity index (χ1) is 14.8. The predicted molar refractivity (Wildman–Crippen MR) is 117 cm³/mol. The van der Waals surface area contributed by atoms with Crippen molar-refractivity contribution in [2.24, 2.45) is 5.92 Å². The van der Waals surface area contributed by atoms with Gasteiger partial charge in [0.05, 0.1) is 0 Å². The zero-order valence-electron chi connectivity index (χ0n) is 18.4. The predicted octanol–water partition coefficient (Wildman–Crippen LogP) is 0.840. The molecule has 2 bridgehead atoms. The Morgan fingerprint density at radius 1 is 1.16 bits per heavy atom. The summed E-state index contributed by atoms with van der Waals surface area (Å²) in [7, 11) is 5.63.